The number of aryl methyl sites for hydroxylation is 1. The smallest absolute Gasteiger partial charge is 0.415 e. The number of hydrogen-bond donors (Lipinski definition) is 1. The van der Waals surface area contributed by atoms with Crippen LogP contribution in [0, 0.1) is 24.2 Å². The molecule has 3 heterocycles. The van der Waals surface area contributed by atoms with E-state index in [4.69, 9.17) is 25.8 Å². The van der Waals surface area contributed by atoms with Gasteiger partial charge in [-0.25, -0.2) is 4.79 Å². The van der Waals surface area contributed by atoms with Crippen molar-refractivity contribution in [1.82, 2.24) is 14.9 Å². The fraction of sp³-hybridized carbons (Fsp3) is 0.353. The van der Waals surface area contributed by atoms with Crippen LogP contribution in [0.3, 0.4) is 0 Å². The van der Waals surface area contributed by atoms with Gasteiger partial charge in [0.2, 0.25) is 0 Å². The van der Waals surface area contributed by atoms with Crippen molar-refractivity contribution in [2.75, 3.05) is 25.5 Å². The molecule has 0 unspecified atom stereocenters. The van der Waals surface area contributed by atoms with Crippen molar-refractivity contribution >= 4 is 40.0 Å². The molecule has 44 heavy (non-hydrogen) atoms. The van der Waals surface area contributed by atoms with Gasteiger partial charge < -0.3 is 24.4 Å². The number of likely N-dealkylation sites (tertiary alicyclic amines) is 1. The number of halogens is 1. The van der Waals surface area contributed by atoms with Crippen LogP contribution in [0.15, 0.2) is 54.9 Å². The number of nitriles is 1. The first kappa shape index (κ1) is 30.9. The Kier molecular flexibility index (Phi) is 10.0. The molecule has 2 aromatic heterocycles. The third kappa shape index (κ3) is 7.14. The minimum absolute atomic E-state index is 0.268. The van der Waals surface area contributed by atoms with Crippen LogP contribution in [0.5, 0.6) is 17.2 Å². The van der Waals surface area contributed by atoms with E-state index in [1.165, 1.54) is 32.6 Å². The molecule has 0 atom stereocenters. The van der Waals surface area contributed by atoms with Gasteiger partial charge in [0.15, 0.2) is 11.5 Å². The Labute approximate surface area is 262 Å². The third-order valence-corrected chi connectivity index (χ3v) is 8.32. The van der Waals surface area contributed by atoms with Crippen molar-refractivity contribution in [3.05, 3.63) is 76.7 Å². The number of carbonyl (C=O) groups excluding carboxylic acids is 1. The van der Waals surface area contributed by atoms with Gasteiger partial charge in [-0.2, -0.15) is 5.26 Å². The number of pyridine rings is 2. The summed E-state index contributed by atoms with van der Waals surface area (Å²) in [6.45, 7) is 5.85. The lowest BCUT2D eigenvalue weighted by Gasteiger charge is -2.31. The number of nitrogens with one attached hydrogen (secondary N) is 1. The number of hydrogen-bond acceptors (Lipinski definition) is 8. The second-order valence-electron chi connectivity index (χ2n) is 10.9. The molecule has 5 rings (SSSR count). The zero-order chi connectivity index (χ0) is 31.1. The van der Waals surface area contributed by atoms with E-state index in [-0.39, 0.29) is 5.75 Å². The molecule has 1 aliphatic rings. The van der Waals surface area contributed by atoms with Gasteiger partial charge in [-0.05, 0) is 55.5 Å². The lowest BCUT2D eigenvalue weighted by molar-refractivity contribution is 0.128. The molecule has 0 radical (unpaired) electrons. The maximum absolute atomic E-state index is 13.1. The highest BCUT2D eigenvalue weighted by atomic mass is 35.5. The number of benzene rings is 2. The predicted octanol–water partition coefficient (Wildman–Crippen LogP) is 8.20. The molecule has 0 bridgehead atoms. The molecule has 1 saturated heterocycles. The van der Waals surface area contributed by atoms with E-state index >= 15 is 0 Å². The summed E-state index contributed by atoms with van der Waals surface area (Å²) in [7, 11) is 1.51. The Morgan fingerprint density at radius 1 is 1.16 bits per heavy atom. The van der Waals surface area contributed by atoms with Gasteiger partial charge in [0.05, 0.1) is 40.3 Å². The van der Waals surface area contributed by atoms with E-state index in [1.54, 1.807) is 41.4 Å². The minimum atomic E-state index is -0.407. The van der Waals surface area contributed by atoms with Crippen molar-refractivity contribution in [3.63, 3.8) is 0 Å². The van der Waals surface area contributed by atoms with Gasteiger partial charge in [-0.15, -0.1) is 0 Å². The van der Waals surface area contributed by atoms with E-state index in [0.29, 0.717) is 70.0 Å². The van der Waals surface area contributed by atoms with Gasteiger partial charge in [-0.1, -0.05) is 43.9 Å². The Balaban J connectivity index is 1.34. The maximum Gasteiger partial charge on any atom is 0.415 e. The lowest BCUT2D eigenvalue weighted by atomic mass is 9.92. The van der Waals surface area contributed by atoms with Crippen LogP contribution in [0.2, 0.25) is 5.02 Å². The van der Waals surface area contributed by atoms with Crippen molar-refractivity contribution in [2.24, 2.45) is 5.92 Å². The third-order valence-electron chi connectivity index (χ3n) is 8.00. The molecule has 228 valence electrons. The first-order valence-corrected chi connectivity index (χ1v) is 15.2. The molecule has 1 N–H and O–H groups in total. The number of methoxy groups -OCH3 is 1. The molecule has 1 aliphatic heterocycles. The van der Waals surface area contributed by atoms with Crippen molar-refractivity contribution in [3.8, 4) is 23.3 Å². The molecule has 0 spiro atoms. The van der Waals surface area contributed by atoms with E-state index in [2.05, 4.69) is 28.3 Å². The number of unbranched alkanes of at least 4 members (excludes halogenated alkanes) is 1. The number of aromatic nitrogens is 2. The van der Waals surface area contributed by atoms with Gasteiger partial charge >= 0.3 is 6.09 Å². The average Bonchev–Trinajstić information content (AvgIpc) is 3.04. The zero-order valence-electron chi connectivity index (χ0n) is 25.2. The highest BCUT2D eigenvalue weighted by molar-refractivity contribution is 6.33. The number of nitrogens with zero attached hydrogens (tertiary/aromatic N) is 4. The van der Waals surface area contributed by atoms with Crippen LogP contribution < -0.4 is 19.5 Å². The van der Waals surface area contributed by atoms with Crippen LogP contribution in [0.1, 0.15) is 55.8 Å². The number of piperidine rings is 1. The quantitative estimate of drug-likeness (QED) is 0.191. The Bertz CT molecular complexity index is 1680. The standard InChI is InChI=1S/C34H36ClN5O4/c1-4-5-8-23-11-14-40(15-12-23)34(41)44-32-18-29-26(17-31(32)42-3)33(24(19-36)20-38-29)39-28-10-9-25(16-27(28)35)43-21-30-22(2)7-6-13-37-30/h6-7,9-10,13,16-18,20,23H,4-5,8,11-12,14-15,21H2,1-3H3,(H,38,39). The molecule has 4 aromatic rings. The summed E-state index contributed by atoms with van der Waals surface area (Å²) >= 11 is 6.64. The Morgan fingerprint density at radius 2 is 1.98 bits per heavy atom. The second-order valence-corrected chi connectivity index (χ2v) is 11.3. The minimum Gasteiger partial charge on any atom is -0.493 e. The molecule has 10 heteroatoms. The molecule has 2 aromatic carbocycles. The molecule has 9 nitrogen and oxygen atoms in total. The number of fused-ring (bicyclic) bond motifs is 1. The van der Waals surface area contributed by atoms with Gasteiger partial charge in [0, 0.05) is 43.0 Å². The molecular formula is C34H36ClN5O4. The summed E-state index contributed by atoms with van der Waals surface area (Å²) in [5, 5.41) is 14.2. The fourth-order valence-electron chi connectivity index (χ4n) is 5.36. The first-order chi connectivity index (χ1) is 21.4. The van der Waals surface area contributed by atoms with E-state index in [0.717, 1.165) is 24.1 Å². The predicted molar refractivity (Wildman–Crippen MR) is 171 cm³/mol. The lowest BCUT2D eigenvalue weighted by Crippen LogP contribution is -2.40. The van der Waals surface area contributed by atoms with Crippen molar-refractivity contribution in [1.29, 1.82) is 5.26 Å². The Hall–Kier alpha value is -4.55. The van der Waals surface area contributed by atoms with E-state index in [9.17, 15) is 10.1 Å². The topological polar surface area (TPSA) is 110 Å². The molecule has 0 saturated carbocycles. The van der Waals surface area contributed by atoms with Gasteiger partial charge in [-0.3, -0.25) is 9.97 Å². The largest absolute Gasteiger partial charge is 0.493 e. The molecule has 0 aliphatic carbocycles. The van der Waals surface area contributed by atoms with Crippen molar-refractivity contribution in [2.45, 2.75) is 52.6 Å². The normalized spacial score (nSPS) is 13.4. The molecular weight excluding hydrogens is 578 g/mol. The summed E-state index contributed by atoms with van der Waals surface area (Å²) in [5.74, 6) is 1.86. The second kappa shape index (κ2) is 14.3. The Morgan fingerprint density at radius 3 is 2.68 bits per heavy atom. The highest BCUT2D eigenvalue weighted by Crippen LogP contribution is 2.39. The number of ether oxygens (including phenoxy) is 3. The number of carbonyl (C=O) groups is 1. The number of rotatable bonds is 10. The summed E-state index contributed by atoms with van der Waals surface area (Å²) in [6.07, 6.45) is 8.39. The first-order valence-electron chi connectivity index (χ1n) is 14.9. The van der Waals surface area contributed by atoms with Crippen LogP contribution >= 0.6 is 11.6 Å². The van der Waals surface area contributed by atoms with Crippen molar-refractivity contribution < 1.29 is 19.0 Å². The maximum atomic E-state index is 13.1. The van der Waals surface area contributed by atoms with Crippen LogP contribution in [0.25, 0.3) is 10.9 Å². The fourth-order valence-corrected chi connectivity index (χ4v) is 5.57. The van der Waals surface area contributed by atoms with Crippen LogP contribution in [-0.2, 0) is 6.61 Å². The van der Waals surface area contributed by atoms with Gasteiger partial charge in [0.1, 0.15) is 18.4 Å². The summed E-state index contributed by atoms with van der Waals surface area (Å²) in [6, 6.07) is 14.7. The average molecular weight is 614 g/mol. The number of anilines is 2. The highest BCUT2D eigenvalue weighted by Gasteiger charge is 2.25. The summed E-state index contributed by atoms with van der Waals surface area (Å²) in [4.78, 5) is 23.6. The molecule has 1 amide bonds. The summed E-state index contributed by atoms with van der Waals surface area (Å²) in [5.41, 5.74) is 3.81. The van der Waals surface area contributed by atoms with E-state index < -0.39 is 6.09 Å². The summed E-state index contributed by atoms with van der Waals surface area (Å²) < 4.78 is 17.3. The van der Waals surface area contributed by atoms with E-state index in [1.807, 2.05) is 19.1 Å². The van der Waals surface area contributed by atoms with Crippen LogP contribution in [-0.4, -0.2) is 41.2 Å². The molecule has 1 fully saturated rings. The zero-order valence-corrected chi connectivity index (χ0v) is 26.0. The van der Waals surface area contributed by atoms with Gasteiger partial charge in [0.25, 0.3) is 0 Å². The monoisotopic (exact) mass is 613 g/mol. The SMILES string of the molecule is CCCCC1CCN(C(=O)Oc2cc3ncc(C#N)c(Nc4ccc(OCc5ncccc5C)cc4Cl)c3cc2OC)CC1. The van der Waals surface area contributed by atoms with Crippen LogP contribution in [0.4, 0.5) is 16.2 Å². The number of amides is 1.